The largest absolute Gasteiger partial charge is 0.466 e. The van der Waals surface area contributed by atoms with E-state index in [1.165, 1.54) is 24.0 Å². The van der Waals surface area contributed by atoms with Crippen LogP contribution in [-0.2, 0) is 29.2 Å². The molecule has 1 unspecified atom stereocenters. The van der Waals surface area contributed by atoms with Crippen molar-refractivity contribution in [3.05, 3.63) is 88.9 Å². The number of hydrogen-bond acceptors (Lipinski definition) is 6. The van der Waals surface area contributed by atoms with Gasteiger partial charge in [0.15, 0.2) is 5.69 Å². The summed E-state index contributed by atoms with van der Waals surface area (Å²) in [6, 6.07) is 14.7. The highest BCUT2D eigenvalue weighted by atomic mass is 19.1. The number of halogens is 1. The first kappa shape index (κ1) is 25.6. The average molecular weight is 494 g/mol. The minimum atomic E-state index is -0.310. The van der Waals surface area contributed by atoms with E-state index in [0.29, 0.717) is 51.6 Å². The van der Waals surface area contributed by atoms with Crippen molar-refractivity contribution in [1.29, 1.82) is 0 Å². The van der Waals surface area contributed by atoms with Crippen LogP contribution in [0.1, 0.15) is 52.8 Å². The molecule has 1 saturated heterocycles. The smallest absolute Gasteiger partial charge is 0.310 e. The summed E-state index contributed by atoms with van der Waals surface area (Å²) in [6.45, 7) is 6.62. The number of piperidine rings is 1. The number of carbonyl (C=O) groups excluding carboxylic acids is 2. The lowest BCUT2D eigenvalue weighted by Gasteiger charge is -2.30. The van der Waals surface area contributed by atoms with Gasteiger partial charge in [0.05, 0.1) is 19.1 Å². The normalized spacial score (nSPS) is 15.8. The maximum absolute atomic E-state index is 13.4. The molecule has 2 aromatic carbocycles. The summed E-state index contributed by atoms with van der Waals surface area (Å²) in [5.74, 6) is -0.671. The highest BCUT2D eigenvalue weighted by Crippen LogP contribution is 2.21. The molecule has 190 valence electrons. The number of amides is 1. The van der Waals surface area contributed by atoms with Gasteiger partial charge in [0.25, 0.3) is 5.91 Å². The summed E-state index contributed by atoms with van der Waals surface area (Å²) >= 11 is 0. The maximum Gasteiger partial charge on any atom is 0.310 e. The molecule has 4 rings (SSSR count). The Balaban J connectivity index is 1.45. The number of benzene rings is 2. The van der Waals surface area contributed by atoms with Crippen molar-refractivity contribution in [3.8, 4) is 0 Å². The van der Waals surface area contributed by atoms with Gasteiger partial charge in [-0.2, -0.15) is 0 Å². The molecule has 0 saturated carbocycles. The molecule has 1 fully saturated rings. The molecule has 3 aromatic rings. The highest BCUT2D eigenvalue weighted by Gasteiger charge is 2.31. The van der Waals surface area contributed by atoms with Gasteiger partial charge in [-0.15, -0.1) is 0 Å². The Hall–Kier alpha value is -3.52. The van der Waals surface area contributed by atoms with E-state index in [0.717, 1.165) is 17.5 Å². The molecule has 0 radical (unpaired) electrons. The van der Waals surface area contributed by atoms with E-state index in [4.69, 9.17) is 9.15 Å². The van der Waals surface area contributed by atoms with E-state index < -0.39 is 0 Å². The highest BCUT2D eigenvalue weighted by molar-refractivity contribution is 5.92. The van der Waals surface area contributed by atoms with Crippen LogP contribution >= 0.6 is 0 Å². The van der Waals surface area contributed by atoms with E-state index in [9.17, 15) is 14.0 Å². The average Bonchev–Trinajstić information content (AvgIpc) is 3.35. The van der Waals surface area contributed by atoms with Crippen LogP contribution in [0.3, 0.4) is 0 Å². The van der Waals surface area contributed by atoms with Crippen molar-refractivity contribution in [3.63, 3.8) is 0 Å². The van der Waals surface area contributed by atoms with Crippen LogP contribution in [-0.4, -0.2) is 46.4 Å². The van der Waals surface area contributed by atoms with Gasteiger partial charge >= 0.3 is 5.97 Å². The minimum Gasteiger partial charge on any atom is -0.466 e. The SMILES string of the molecule is CCOC(=O)C1CCCN(C(=O)c2coc(CN(Cc3ccc(C)cc3)Cc3ccc(F)cc3)n2)C1. The first-order valence-electron chi connectivity index (χ1n) is 12.3. The topological polar surface area (TPSA) is 75.9 Å². The first-order valence-corrected chi connectivity index (χ1v) is 12.3. The third kappa shape index (κ3) is 6.79. The number of aryl methyl sites for hydroxylation is 1. The molecular formula is C28H32FN3O4. The Morgan fingerprint density at radius 3 is 2.42 bits per heavy atom. The van der Waals surface area contributed by atoms with Crippen molar-refractivity contribution in [1.82, 2.24) is 14.8 Å². The van der Waals surface area contributed by atoms with Gasteiger partial charge in [-0.3, -0.25) is 14.5 Å². The first-order chi connectivity index (χ1) is 17.4. The number of oxazole rings is 1. The van der Waals surface area contributed by atoms with Crippen LogP contribution in [0.25, 0.3) is 0 Å². The second kappa shape index (κ2) is 11.9. The molecule has 7 nitrogen and oxygen atoms in total. The van der Waals surface area contributed by atoms with Crippen LogP contribution in [0.2, 0.25) is 0 Å². The lowest BCUT2D eigenvalue weighted by atomic mass is 9.98. The molecule has 0 spiro atoms. The number of rotatable bonds is 9. The number of esters is 1. The van der Waals surface area contributed by atoms with Crippen molar-refractivity contribution < 1.29 is 23.1 Å². The summed E-state index contributed by atoms with van der Waals surface area (Å²) in [7, 11) is 0. The number of likely N-dealkylation sites (tertiary alicyclic amines) is 1. The Morgan fingerprint density at radius 2 is 1.75 bits per heavy atom. The van der Waals surface area contributed by atoms with Crippen LogP contribution in [0, 0.1) is 18.7 Å². The third-order valence-corrected chi connectivity index (χ3v) is 6.30. The molecule has 1 aliphatic rings. The van der Waals surface area contributed by atoms with Crippen molar-refractivity contribution in [2.75, 3.05) is 19.7 Å². The van der Waals surface area contributed by atoms with E-state index >= 15 is 0 Å². The Morgan fingerprint density at radius 1 is 1.08 bits per heavy atom. The van der Waals surface area contributed by atoms with Crippen molar-refractivity contribution in [2.24, 2.45) is 5.92 Å². The van der Waals surface area contributed by atoms with Gasteiger partial charge in [0, 0.05) is 26.2 Å². The fraction of sp³-hybridized carbons (Fsp3) is 0.393. The number of hydrogen-bond donors (Lipinski definition) is 0. The summed E-state index contributed by atoms with van der Waals surface area (Å²) in [4.78, 5) is 33.5. The van der Waals surface area contributed by atoms with E-state index in [1.54, 1.807) is 24.0 Å². The van der Waals surface area contributed by atoms with Crippen LogP contribution in [0.5, 0.6) is 0 Å². The predicted octanol–water partition coefficient (Wildman–Crippen LogP) is 4.74. The summed E-state index contributed by atoms with van der Waals surface area (Å²) in [5.41, 5.74) is 3.50. The molecule has 36 heavy (non-hydrogen) atoms. The van der Waals surface area contributed by atoms with Crippen molar-refractivity contribution >= 4 is 11.9 Å². The molecule has 1 atom stereocenters. The maximum atomic E-state index is 13.4. The second-order valence-corrected chi connectivity index (χ2v) is 9.23. The summed E-state index contributed by atoms with van der Waals surface area (Å²) in [6.07, 6.45) is 2.83. The molecule has 0 N–H and O–H groups in total. The number of carbonyl (C=O) groups is 2. The van der Waals surface area contributed by atoms with Gasteiger partial charge < -0.3 is 14.1 Å². The summed E-state index contributed by atoms with van der Waals surface area (Å²) in [5, 5.41) is 0. The third-order valence-electron chi connectivity index (χ3n) is 6.30. The molecule has 2 heterocycles. The van der Waals surface area contributed by atoms with E-state index in [2.05, 4.69) is 34.1 Å². The van der Waals surface area contributed by atoms with Crippen LogP contribution < -0.4 is 0 Å². The number of aromatic nitrogens is 1. The van der Waals surface area contributed by atoms with Gasteiger partial charge in [-0.25, -0.2) is 9.37 Å². The molecule has 8 heteroatoms. The zero-order chi connectivity index (χ0) is 25.5. The fourth-order valence-electron chi connectivity index (χ4n) is 4.42. The predicted molar refractivity (Wildman–Crippen MR) is 132 cm³/mol. The Bertz CT molecular complexity index is 1110. The van der Waals surface area contributed by atoms with Crippen molar-refractivity contribution in [2.45, 2.75) is 46.3 Å². The number of ether oxygens (including phenoxy) is 1. The van der Waals surface area contributed by atoms with Gasteiger partial charge in [0.1, 0.15) is 12.1 Å². The molecule has 0 aliphatic carbocycles. The molecule has 1 amide bonds. The lowest BCUT2D eigenvalue weighted by Crippen LogP contribution is -2.43. The Kier molecular flexibility index (Phi) is 8.48. The van der Waals surface area contributed by atoms with Gasteiger partial charge in [-0.1, -0.05) is 42.0 Å². The molecule has 1 aromatic heterocycles. The second-order valence-electron chi connectivity index (χ2n) is 9.23. The molecule has 1 aliphatic heterocycles. The number of nitrogens with zero attached hydrogens (tertiary/aromatic N) is 3. The van der Waals surface area contributed by atoms with Crippen LogP contribution in [0.4, 0.5) is 4.39 Å². The van der Waals surface area contributed by atoms with Gasteiger partial charge in [-0.05, 0) is 49.9 Å². The lowest BCUT2D eigenvalue weighted by molar-refractivity contribution is -0.149. The van der Waals surface area contributed by atoms with Gasteiger partial charge in [0.2, 0.25) is 5.89 Å². The quantitative estimate of drug-likeness (QED) is 0.401. The monoisotopic (exact) mass is 493 g/mol. The van der Waals surface area contributed by atoms with E-state index in [1.807, 2.05) is 6.92 Å². The molecule has 0 bridgehead atoms. The zero-order valence-electron chi connectivity index (χ0n) is 20.8. The van der Waals surface area contributed by atoms with Crippen LogP contribution in [0.15, 0.2) is 59.2 Å². The summed E-state index contributed by atoms with van der Waals surface area (Å²) < 4.78 is 24.2. The standard InChI is InChI=1S/C28H32FN3O4/c1-3-35-28(34)23-5-4-14-32(17-23)27(33)25-19-36-26(30-25)18-31(15-21-8-6-20(2)7-9-21)16-22-10-12-24(29)13-11-22/h6-13,19,23H,3-5,14-18H2,1-2H3. The minimum absolute atomic E-state index is 0.228. The zero-order valence-corrected chi connectivity index (χ0v) is 20.8. The fourth-order valence-corrected chi connectivity index (χ4v) is 4.42. The molecular weight excluding hydrogens is 461 g/mol. The van der Waals surface area contributed by atoms with E-state index in [-0.39, 0.29) is 29.3 Å². The Labute approximate surface area is 210 Å².